The van der Waals surface area contributed by atoms with Crippen LogP contribution in [-0.2, 0) is 11.3 Å². The van der Waals surface area contributed by atoms with Gasteiger partial charge in [-0.3, -0.25) is 9.69 Å². The summed E-state index contributed by atoms with van der Waals surface area (Å²) < 4.78 is 11.4. The van der Waals surface area contributed by atoms with Crippen LogP contribution in [0.15, 0.2) is 48.5 Å². The first-order chi connectivity index (χ1) is 13.2. The molecule has 1 atom stereocenters. The second-order valence-corrected chi connectivity index (χ2v) is 7.49. The predicted octanol–water partition coefficient (Wildman–Crippen LogP) is 3.26. The fraction of sp³-hybridized carbons (Fsp3) is 0.381. The van der Waals surface area contributed by atoms with Crippen LogP contribution in [0, 0.1) is 0 Å². The van der Waals surface area contributed by atoms with E-state index in [1.54, 1.807) is 0 Å². The number of amides is 1. The lowest BCUT2D eigenvalue weighted by molar-refractivity contribution is -0.131. The highest BCUT2D eigenvalue weighted by molar-refractivity contribution is 6.30. The Morgan fingerprint density at radius 3 is 2.52 bits per heavy atom. The summed E-state index contributed by atoms with van der Waals surface area (Å²) in [5.41, 5.74) is 1.26. The molecule has 2 aliphatic rings. The zero-order valence-electron chi connectivity index (χ0n) is 15.1. The van der Waals surface area contributed by atoms with E-state index in [4.69, 9.17) is 21.1 Å². The number of piperidine rings is 1. The quantitative estimate of drug-likeness (QED) is 0.876. The zero-order chi connectivity index (χ0) is 18.6. The van der Waals surface area contributed by atoms with Crippen LogP contribution in [0.3, 0.4) is 0 Å². The van der Waals surface area contributed by atoms with E-state index in [-0.39, 0.29) is 18.6 Å². The highest BCUT2D eigenvalue weighted by Gasteiger charge is 2.29. The minimum atomic E-state index is -0.591. The molecule has 142 valence electrons. The average Bonchev–Trinajstić information content (AvgIpc) is 2.71. The fourth-order valence-electron chi connectivity index (χ4n) is 3.53. The Morgan fingerprint density at radius 1 is 1.07 bits per heavy atom. The van der Waals surface area contributed by atoms with Crippen LogP contribution < -0.4 is 14.8 Å². The normalized spacial score (nSPS) is 20.3. The summed E-state index contributed by atoms with van der Waals surface area (Å²) in [7, 11) is 0. The molecular formula is C21H23ClN2O3. The topological polar surface area (TPSA) is 50.8 Å². The number of likely N-dealkylation sites (tertiary alicyclic amines) is 1. The highest BCUT2D eigenvalue weighted by Crippen LogP contribution is 2.31. The van der Waals surface area contributed by atoms with Crippen LogP contribution >= 0.6 is 11.6 Å². The molecule has 1 unspecified atom stereocenters. The van der Waals surface area contributed by atoms with E-state index in [1.807, 2.05) is 36.4 Å². The number of carbonyl (C=O) groups is 1. The van der Waals surface area contributed by atoms with Crippen LogP contribution in [0.1, 0.15) is 18.4 Å². The van der Waals surface area contributed by atoms with E-state index in [1.165, 1.54) is 5.56 Å². The van der Waals surface area contributed by atoms with Gasteiger partial charge in [0.1, 0.15) is 6.61 Å². The highest BCUT2D eigenvalue weighted by atomic mass is 35.5. The summed E-state index contributed by atoms with van der Waals surface area (Å²) in [6.07, 6.45) is 1.28. The average molecular weight is 387 g/mol. The first-order valence-electron chi connectivity index (χ1n) is 9.33. The molecule has 1 amide bonds. The number of carbonyl (C=O) groups excluding carboxylic acids is 1. The zero-order valence-corrected chi connectivity index (χ0v) is 15.8. The van der Waals surface area contributed by atoms with Gasteiger partial charge in [-0.2, -0.15) is 0 Å². The minimum absolute atomic E-state index is 0.0966. The molecule has 2 heterocycles. The number of hydrogen-bond donors (Lipinski definition) is 1. The lowest BCUT2D eigenvalue weighted by Crippen LogP contribution is -2.50. The Labute approximate surface area is 164 Å². The second-order valence-electron chi connectivity index (χ2n) is 7.05. The van der Waals surface area contributed by atoms with Crippen molar-refractivity contribution in [1.29, 1.82) is 0 Å². The van der Waals surface area contributed by atoms with Gasteiger partial charge < -0.3 is 14.8 Å². The van der Waals surface area contributed by atoms with Gasteiger partial charge in [-0.05, 0) is 42.7 Å². The molecular weight excluding hydrogens is 364 g/mol. The molecule has 0 spiro atoms. The van der Waals surface area contributed by atoms with Crippen molar-refractivity contribution < 1.29 is 14.3 Å². The standard InChI is InChI=1S/C21H23ClN2O3/c22-16-7-5-15(6-8-16)13-24-11-9-17(10-12-24)23-21(25)20-14-26-18-3-1-2-4-19(18)27-20/h1-8,17,20H,9-14H2,(H,23,25). The van der Waals surface area contributed by atoms with Crippen molar-refractivity contribution in [2.45, 2.75) is 31.5 Å². The number of fused-ring (bicyclic) bond motifs is 1. The number of hydrogen-bond acceptors (Lipinski definition) is 4. The molecule has 0 saturated carbocycles. The van der Waals surface area contributed by atoms with Crippen molar-refractivity contribution in [3.05, 3.63) is 59.1 Å². The third kappa shape index (κ3) is 4.54. The molecule has 0 aromatic heterocycles. The summed E-state index contributed by atoms with van der Waals surface area (Å²) in [4.78, 5) is 14.9. The van der Waals surface area contributed by atoms with Gasteiger partial charge in [0.05, 0.1) is 0 Å². The fourth-order valence-corrected chi connectivity index (χ4v) is 3.65. The van der Waals surface area contributed by atoms with Gasteiger partial charge in [-0.15, -0.1) is 0 Å². The van der Waals surface area contributed by atoms with Crippen molar-refractivity contribution in [3.63, 3.8) is 0 Å². The number of benzene rings is 2. The third-order valence-corrected chi connectivity index (χ3v) is 5.31. The SMILES string of the molecule is O=C(NC1CCN(Cc2ccc(Cl)cc2)CC1)C1COc2ccccc2O1. The van der Waals surface area contributed by atoms with Gasteiger partial charge in [0, 0.05) is 30.7 Å². The van der Waals surface area contributed by atoms with Gasteiger partial charge >= 0.3 is 0 Å². The number of ether oxygens (including phenoxy) is 2. The molecule has 5 nitrogen and oxygen atoms in total. The van der Waals surface area contributed by atoms with Crippen LogP contribution in [0.4, 0.5) is 0 Å². The molecule has 4 rings (SSSR count). The molecule has 0 radical (unpaired) electrons. The van der Waals surface area contributed by atoms with Crippen LogP contribution in [0.5, 0.6) is 11.5 Å². The van der Waals surface area contributed by atoms with Crippen molar-refractivity contribution in [2.24, 2.45) is 0 Å². The van der Waals surface area contributed by atoms with E-state index in [0.717, 1.165) is 37.5 Å². The van der Waals surface area contributed by atoms with E-state index in [0.29, 0.717) is 11.5 Å². The Hall–Kier alpha value is -2.24. The van der Waals surface area contributed by atoms with Crippen molar-refractivity contribution in [1.82, 2.24) is 10.2 Å². The number of nitrogens with zero attached hydrogens (tertiary/aromatic N) is 1. The number of halogens is 1. The van der Waals surface area contributed by atoms with Crippen LogP contribution in [-0.4, -0.2) is 42.6 Å². The Morgan fingerprint density at radius 2 is 1.78 bits per heavy atom. The second kappa shape index (κ2) is 8.19. The summed E-state index contributed by atoms with van der Waals surface area (Å²) >= 11 is 5.94. The number of rotatable bonds is 4. The summed E-state index contributed by atoms with van der Waals surface area (Å²) in [5.74, 6) is 1.22. The summed E-state index contributed by atoms with van der Waals surface area (Å²) in [5, 5.41) is 3.88. The number of nitrogens with one attached hydrogen (secondary N) is 1. The lowest BCUT2D eigenvalue weighted by Gasteiger charge is -2.33. The van der Waals surface area contributed by atoms with Crippen molar-refractivity contribution in [2.75, 3.05) is 19.7 Å². The molecule has 2 aliphatic heterocycles. The smallest absolute Gasteiger partial charge is 0.264 e. The van der Waals surface area contributed by atoms with E-state index in [9.17, 15) is 4.79 Å². The third-order valence-electron chi connectivity index (χ3n) is 5.05. The maximum Gasteiger partial charge on any atom is 0.264 e. The molecule has 0 bridgehead atoms. The maximum absolute atomic E-state index is 12.5. The van der Waals surface area contributed by atoms with Gasteiger partial charge in [-0.25, -0.2) is 0 Å². The molecule has 2 aromatic rings. The van der Waals surface area contributed by atoms with E-state index < -0.39 is 6.10 Å². The summed E-state index contributed by atoms with van der Waals surface area (Å²) in [6.45, 7) is 3.07. The molecule has 1 N–H and O–H groups in total. The van der Waals surface area contributed by atoms with Gasteiger partial charge in [0.25, 0.3) is 5.91 Å². The molecule has 2 aromatic carbocycles. The van der Waals surface area contributed by atoms with Crippen molar-refractivity contribution in [3.8, 4) is 11.5 Å². The largest absolute Gasteiger partial charge is 0.485 e. The van der Waals surface area contributed by atoms with Crippen LogP contribution in [0.25, 0.3) is 0 Å². The van der Waals surface area contributed by atoms with Gasteiger partial charge in [0.2, 0.25) is 6.10 Å². The van der Waals surface area contributed by atoms with Gasteiger partial charge in [0.15, 0.2) is 11.5 Å². The Balaban J connectivity index is 1.24. The van der Waals surface area contributed by atoms with Crippen LogP contribution in [0.2, 0.25) is 5.02 Å². The summed E-state index contributed by atoms with van der Waals surface area (Å²) in [6, 6.07) is 15.6. The van der Waals surface area contributed by atoms with E-state index >= 15 is 0 Å². The minimum Gasteiger partial charge on any atom is -0.485 e. The monoisotopic (exact) mass is 386 g/mol. The Bertz CT molecular complexity index is 788. The lowest BCUT2D eigenvalue weighted by atomic mass is 10.0. The molecule has 6 heteroatoms. The molecule has 1 saturated heterocycles. The first kappa shape index (κ1) is 18.1. The van der Waals surface area contributed by atoms with E-state index in [2.05, 4.69) is 22.3 Å². The predicted molar refractivity (Wildman–Crippen MR) is 104 cm³/mol. The first-order valence-corrected chi connectivity index (χ1v) is 9.71. The molecule has 27 heavy (non-hydrogen) atoms. The van der Waals surface area contributed by atoms with Crippen molar-refractivity contribution >= 4 is 17.5 Å². The van der Waals surface area contributed by atoms with Gasteiger partial charge in [-0.1, -0.05) is 35.9 Å². The number of para-hydroxylation sites is 2. The Kier molecular flexibility index (Phi) is 5.50. The molecule has 0 aliphatic carbocycles. The molecule has 1 fully saturated rings. The maximum atomic E-state index is 12.5.